The molecular weight excluding hydrogens is 170 g/mol. The summed E-state index contributed by atoms with van der Waals surface area (Å²) in [5.74, 6) is 0.819. The largest absolute Gasteiger partial charge is 0.310 e. The number of aryl methyl sites for hydroxylation is 1. The van der Waals surface area contributed by atoms with Crippen LogP contribution in [-0.2, 0) is 0 Å². The van der Waals surface area contributed by atoms with Gasteiger partial charge < -0.3 is 5.32 Å². The predicted octanol–water partition coefficient (Wildman–Crippen LogP) is 2.97. The average molecular weight is 189 g/mol. The van der Waals surface area contributed by atoms with Gasteiger partial charge in [-0.15, -0.1) is 0 Å². The van der Waals surface area contributed by atoms with Gasteiger partial charge in [0, 0.05) is 6.04 Å². The third kappa shape index (κ3) is 1.69. The first-order valence-corrected chi connectivity index (χ1v) is 5.48. The van der Waals surface area contributed by atoms with E-state index >= 15 is 0 Å². The van der Waals surface area contributed by atoms with Crippen LogP contribution in [0.25, 0.3) is 0 Å². The van der Waals surface area contributed by atoms with E-state index < -0.39 is 0 Å². The minimum absolute atomic E-state index is 0.588. The van der Waals surface area contributed by atoms with E-state index in [1.165, 1.54) is 23.1 Å². The summed E-state index contributed by atoms with van der Waals surface area (Å²) < 4.78 is 0. The summed E-state index contributed by atoms with van der Waals surface area (Å²) in [4.78, 5) is 0. The second-order valence-corrected chi connectivity index (χ2v) is 4.59. The summed E-state index contributed by atoms with van der Waals surface area (Å²) in [6, 6.07) is 7.21. The van der Waals surface area contributed by atoms with E-state index in [1.54, 1.807) is 0 Å². The zero-order valence-corrected chi connectivity index (χ0v) is 9.30. The van der Waals surface area contributed by atoms with Crippen molar-refractivity contribution in [2.45, 2.75) is 33.2 Å². The van der Waals surface area contributed by atoms with Gasteiger partial charge in [0.1, 0.15) is 0 Å². The molecule has 2 atom stereocenters. The van der Waals surface area contributed by atoms with Crippen molar-refractivity contribution in [1.82, 2.24) is 5.32 Å². The standard InChI is InChI=1S/C13H19N/c1-9-7-13(14-8-9)12-6-4-5-10(2)11(12)3/h4-6,9,13-14H,7-8H2,1-3H3/t9-,13-/m1/s1. The Morgan fingerprint density at radius 2 is 2.07 bits per heavy atom. The Bertz CT molecular complexity index is 330. The lowest BCUT2D eigenvalue weighted by Crippen LogP contribution is -2.14. The minimum atomic E-state index is 0.588. The predicted molar refractivity (Wildman–Crippen MR) is 60.4 cm³/mol. The molecule has 76 valence electrons. The molecule has 0 radical (unpaired) electrons. The third-order valence-corrected chi connectivity index (χ3v) is 3.37. The molecule has 0 amide bonds. The highest BCUT2D eigenvalue weighted by Crippen LogP contribution is 2.29. The molecule has 0 unspecified atom stereocenters. The van der Waals surface area contributed by atoms with E-state index in [4.69, 9.17) is 0 Å². The van der Waals surface area contributed by atoms with Gasteiger partial charge in [-0.2, -0.15) is 0 Å². The Balaban J connectivity index is 2.28. The normalized spacial score (nSPS) is 26.8. The molecule has 0 saturated carbocycles. The highest BCUT2D eigenvalue weighted by atomic mass is 14.9. The number of nitrogens with one attached hydrogen (secondary N) is 1. The summed E-state index contributed by atoms with van der Waals surface area (Å²) in [6.45, 7) is 7.91. The Kier molecular flexibility index (Phi) is 2.60. The van der Waals surface area contributed by atoms with Crippen molar-refractivity contribution in [1.29, 1.82) is 0 Å². The fourth-order valence-corrected chi connectivity index (χ4v) is 2.30. The zero-order chi connectivity index (χ0) is 10.1. The summed E-state index contributed by atoms with van der Waals surface area (Å²) in [5.41, 5.74) is 4.36. The summed E-state index contributed by atoms with van der Waals surface area (Å²) >= 11 is 0. The molecule has 1 aliphatic heterocycles. The zero-order valence-electron chi connectivity index (χ0n) is 9.30. The lowest BCUT2D eigenvalue weighted by atomic mass is 9.95. The maximum atomic E-state index is 3.59. The van der Waals surface area contributed by atoms with Crippen molar-refractivity contribution in [3.05, 3.63) is 34.9 Å². The summed E-state index contributed by atoms with van der Waals surface area (Å²) in [7, 11) is 0. The first kappa shape index (κ1) is 9.72. The van der Waals surface area contributed by atoms with Gasteiger partial charge in [0.05, 0.1) is 0 Å². The third-order valence-electron chi connectivity index (χ3n) is 3.37. The van der Waals surface area contributed by atoms with Gasteiger partial charge in [0.15, 0.2) is 0 Å². The van der Waals surface area contributed by atoms with Gasteiger partial charge in [0.2, 0.25) is 0 Å². The fourth-order valence-electron chi connectivity index (χ4n) is 2.30. The van der Waals surface area contributed by atoms with Crippen LogP contribution in [0.4, 0.5) is 0 Å². The first-order valence-electron chi connectivity index (χ1n) is 5.48. The Morgan fingerprint density at radius 1 is 1.29 bits per heavy atom. The lowest BCUT2D eigenvalue weighted by Gasteiger charge is -2.15. The van der Waals surface area contributed by atoms with E-state index in [0.29, 0.717) is 6.04 Å². The van der Waals surface area contributed by atoms with E-state index in [2.05, 4.69) is 44.3 Å². The van der Waals surface area contributed by atoms with Crippen LogP contribution in [-0.4, -0.2) is 6.54 Å². The number of rotatable bonds is 1. The van der Waals surface area contributed by atoms with Crippen molar-refractivity contribution >= 4 is 0 Å². The van der Waals surface area contributed by atoms with Gasteiger partial charge in [-0.3, -0.25) is 0 Å². The lowest BCUT2D eigenvalue weighted by molar-refractivity contribution is 0.609. The minimum Gasteiger partial charge on any atom is -0.310 e. The van der Waals surface area contributed by atoms with Crippen LogP contribution in [0.3, 0.4) is 0 Å². The van der Waals surface area contributed by atoms with Crippen LogP contribution < -0.4 is 5.32 Å². The molecule has 1 aromatic rings. The Hall–Kier alpha value is -0.820. The molecular formula is C13H19N. The molecule has 1 aliphatic rings. The molecule has 0 aliphatic carbocycles. The molecule has 14 heavy (non-hydrogen) atoms. The molecule has 0 aromatic heterocycles. The fraction of sp³-hybridized carbons (Fsp3) is 0.538. The van der Waals surface area contributed by atoms with Gasteiger partial charge in [-0.25, -0.2) is 0 Å². The SMILES string of the molecule is Cc1cccc([C@H]2C[C@@H](C)CN2)c1C. The highest BCUT2D eigenvalue weighted by Gasteiger charge is 2.23. The number of benzene rings is 1. The van der Waals surface area contributed by atoms with Crippen LogP contribution in [0.15, 0.2) is 18.2 Å². The van der Waals surface area contributed by atoms with Crippen LogP contribution in [0, 0.1) is 19.8 Å². The molecule has 1 heteroatoms. The summed E-state index contributed by atoms with van der Waals surface area (Å²) in [5, 5.41) is 3.59. The van der Waals surface area contributed by atoms with Gasteiger partial charge in [0.25, 0.3) is 0 Å². The van der Waals surface area contributed by atoms with Gasteiger partial charge >= 0.3 is 0 Å². The van der Waals surface area contributed by atoms with Crippen molar-refractivity contribution in [2.75, 3.05) is 6.54 Å². The summed E-state index contributed by atoms with van der Waals surface area (Å²) in [6.07, 6.45) is 1.28. The second kappa shape index (κ2) is 3.74. The van der Waals surface area contributed by atoms with Crippen LogP contribution in [0.1, 0.15) is 36.1 Å². The second-order valence-electron chi connectivity index (χ2n) is 4.59. The molecule has 1 aromatic carbocycles. The average Bonchev–Trinajstić information content (AvgIpc) is 2.57. The van der Waals surface area contributed by atoms with Gasteiger partial charge in [-0.05, 0) is 49.4 Å². The number of hydrogen-bond donors (Lipinski definition) is 1. The van der Waals surface area contributed by atoms with Crippen LogP contribution >= 0.6 is 0 Å². The topological polar surface area (TPSA) is 12.0 Å². The highest BCUT2D eigenvalue weighted by molar-refractivity contribution is 5.35. The Labute approximate surface area is 86.5 Å². The molecule has 0 spiro atoms. The monoisotopic (exact) mass is 189 g/mol. The van der Waals surface area contributed by atoms with Crippen molar-refractivity contribution in [3.63, 3.8) is 0 Å². The quantitative estimate of drug-likeness (QED) is 0.716. The molecule has 0 bridgehead atoms. The molecule has 1 heterocycles. The van der Waals surface area contributed by atoms with Crippen molar-refractivity contribution in [2.24, 2.45) is 5.92 Å². The van der Waals surface area contributed by atoms with E-state index in [9.17, 15) is 0 Å². The van der Waals surface area contributed by atoms with Crippen LogP contribution in [0.5, 0.6) is 0 Å². The van der Waals surface area contributed by atoms with Crippen molar-refractivity contribution in [3.8, 4) is 0 Å². The maximum absolute atomic E-state index is 3.59. The Morgan fingerprint density at radius 3 is 2.71 bits per heavy atom. The van der Waals surface area contributed by atoms with E-state index in [1.807, 2.05) is 0 Å². The molecule has 1 nitrogen and oxygen atoms in total. The van der Waals surface area contributed by atoms with E-state index in [-0.39, 0.29) is 0 Å². The van der Waals surface area contributed by atoms with Crippen LogP contribution in [0.2, 0.25) is 0 Å². The molecule has 1 N–H and O–H groups in total. The van der Waals surface area contributed by atoms with Crippen molar-refractivity contribution < 1.29 is 0 Å². The smallest absolute Gasteiger partial charge is 0.0326 e. The molecule has 1 saturated heterocycles. The van der Waals surface area contributed by atoms with Gasteiger partial charge in [-0.1, -0.05) is 25.1 Å². The maximum Gasteiger partial charge on any atom is 0.0326 e. The molecule has 1 fully saturated rings. The molecule has 2 rings (SSSR count). The van der Waals surface area contributed by atoms with E-state index in [0.717, 1.165) is 12.5 Å². The number of hydrogen-bond acceptors (Lipinski definition) is 1. The first-order chi connectivity index (χ1) is 6.68.